The van der Waals surface area contributed by atoms with Crippen LogP contribution in [0.1, 0.15) is 47.9 Å². The summed E-state index contributed by atoms with van der Waals surface area (Å²) in [4.78, 5) is 30.5. The Morgan fingerprint density at radius 3 is 2.25 bits per heavy atom. The number of halogens is 1. The van der Waals surface area contributed by atoms with Crippen molar-refractivity contribution in [1.82, 2.24) is 10.2 Å². The predicted octanol–water partition coefficient (Wildman–Crippen LogP) is 6.86. The number of sulfonamides is 1. The maximum absolute atomic E-state index is 14.8. The molecule has 4 aromatic carbocycles. The first-order valence-corrected chi connectivity index (χ1v) is 18.0. The minimum Gasteiger partial charge on any atom is -0.497 e. The van der Waals surface area contributed by atoms with Gasteiger partial charge in [0.15, 0.2) is 0 Å². The van der Waals surface area contributed by atoms with E-state index in [1.54, 1.807) is 44.4 Å². The molecule has 0 saturated heterocycles. The Hall–Kier alpha value is -4.34. The smallest absolute Gasteiger partial charge is 0.264 e. The Labute approximate surface area is 288 Å². The van der Waals surface area contributed by atoms with Gasteiger partial charge in [-0.2, -0.15) is 0 Å². The normalized spacial score (nSPS) is 13.9. The first-order chi connectivity index (χ1) is 23.0. The maximum Gasteiger partial charge on any atom is 0.264 e. The van der Waals surface area contributed by atoms with Crippen molar-refractivity contribution in [1.29, 1.82) is 0 Å². The van der Waals surface area contributed by atoms with Gasteiger partial charge in [0, 0.05) is 24.0 Å². The average Bonchev–Trinajstić information content (AvgIpc) is 3.59. The van der Waals surface area contributed by atoms with E-state index in [4.69, 9.17) is 16.3 Å². The molecule has 2 amide bonds. The predicted molar refractivity (Wildman–Crippen MR) is 190 cm³/mol. The lowest BCUT2D eigenvalue weighted by atomic mass is 10.0. The number of nitrogens with zero attached hydrogens (tertiary/aromatic N) is 2. The fraction of sp³-hybridized carbons (Fsp3) is 0.316. The lowest BCUT2D eigenvalue weighted by molar-refractivity contribution is -0.140. The van der Waals surface area contributed by atoms with E-state index in [0.717, 1.165) is 46.7 Å². The molecule has 1 unspecified atom stereocenters. The average molecular weight is 688 g/mol. The standard InChI is InChI=1S/C38H42ClN3O5S/c1-27-16-19-34(20-17-27)48(45,46)42(35-21-18-31(39)22-28(35)2)26-37(43)41(25-30-12-9-15-33(23-30)47-3)36(24-29-10-5-4-6-11-29)38(44)40-32-13-7-8-14-32/h4-6,9-12,15-23,32,36H,7-8,13-14,24-26H2,1-3H3,(H,40,44). The highest BCUT2D eigenvalue weighted by molar-refractivity contribution is 7.92. The number of aryl methyl sites for hydroxylation is 2. The summed E-state index contributed by atoms with van der Waals surface area (Å²) in [7, 11) is -2.65. The van der Waals surface area contributed by atoms with Gasteiger partial charge < -0.3 is 15.0 Å². The highest BCUT2D eigenvalue weighted by Crippen LogP contribution is 2.30. The van der Waals surface area contributed by atoms with Crippen molar-refractivity contribution in [2.75, 3.05) is 18.0 Å². The first kappa shape index (κ1) is 35.0. The van der Waals surface area contributed by atoms with Crippen molar-refractivity contribution in [2.45, 2.75) is 69.5 Å². The zero-order valence-corrected chi connectivity index (χ0v) is 29.1. The van der Waals surface area contributed by atoms with Gasteiger partial charge in [-0.15, -0.1) is 0 Å². The minimum atomic E-state index is -4.22. The third-order valence-electron chi connectivity index (χ3n) is 8.78. The monoisotopic (exact) mass is 687 g/mol. The second-order valence-electron chi connectivity index (χ2n) is 12.3. The molecule has 0 bridgehead atoms. The van der Waals surface area contributed by atoms with Gasteiger partial charge in [0.1, 0.15) is 18.3 Å². The number of amides is 2. The molecule has 0 radical (unpaired) electrons. The number of nitrogens with one attached hydrogen (secondary N) is 1. The molecule has 1 N–H and O–H groups in total. The van der Waals surface area contributed by atoms with E-state index in [1.165, 1.54) is 17.0 Å². The molecule has 0 spiro atoms. The van der Waals surface area contributed by atoms with Gasteiger partial charge in [-0.1, -0.05) is 84.6 Å². The number of methoxy groups -OCH3 is 1. The van der Waals surface area contributed by atoms with Crippen LogP contribution < -0.4 is 14.4 Å². The van der Waals surface area contributed by atoms with E-state index in [-0.39, 0.29) is 29.8 Å². The van der Waals surface area contributed by atoms with Crippen molar-refractivity contribution in [3.8, 4) is 5.75 Å². The van der Waals surface area contributed by atoms with Crippen LogP contribution in [-0.2, 0) is 32.6 Å². The van der Waals surface area contributed by atoms with E-state index in [0.29, 0.717) is 22.0 Å². The molecule has 1 aliphatic rings. The van der Waals surface area contributed by atoms with Crippen LogP contribution in [0.4, 0.5) is 5.69 Å². The van der Waals surface area contributed by atoms with Crippen LogP contribution in [0.25, 0.3) is 0 Å². The summed E-state index contributed by atoms with van der Waals surface area (Å²) in [6.07, 6.45) is 4.08. The molecule has 1 atom stereocenters. The molecule has 0 heterocycles. The third-order valence-corrected chi connectivity index (χ3v) is 10.8. The van der Waals surface area contributed by atoms with Gasteiger partial charge in [0.05, 0.1) is 17.7 Å². The van der Waals surface area contributed by atoms with Gasteiger partial charge in [0.25, 0.3) is 10.0 Å². The van der Waals surface area contributed by atoms with Crippen LogP contribution in [0, 0.1) is 13.8 Å². The minimum absolute atomic E-state index is 0.0275. The van der Waals surface area contributed by atoms with E-state index >= 15 is 0 Å². The number of anilines is 1. The van der Waals surface area contributed by atoms with Crippen molar-refractivity contribution in [3.05, 3.63) is 124 Å². The van der Waals surface area contributed by atoms with Crippen LogP contribution in [0.2, 0.25) is 5.02 Å². The number of rotatable bonds is 13. The third kappa shape index (κ3) is 8.57. The molecule has 5 rings (SSSR count). The second-order valence-corrected chi connectivity index (χ2v) is 14.6. The fourth-order valence-electron chi connectivity index (χ4n) is 6.14. The first-order valence-electron chi connectivity index (χ1n) is 16.2. The summed E-state index contributed by atoms with van der Waals surface area (Å²) in [5, 5.41) is 3.65. The molecular weight excluding hydrogens is 646 g/mol. The summed E-state index contributed by atoms with van der Waals surface area (Å²) in [5.74, 6) is -0.182. The van der Waals surface area contributed by atoms with Crippen molar-refractivity contribution >= 4 is 39.1 Å². The molecule has 4 aromatic rings. The zero-order chi connectivity index (χ0) is 34.3. The topological polar surface area (TPSA) is 96.0 Å². The van der Waals surface area contributed by atoms with Crippen molar-refractivity contribution < 1.29 is 22.7 Å². The number of ether oxygens (including phenoxy) is 1. The Bertz CT molecular complexity index is 1830. The van der Waals surface area contributed by atoms with E-state index in [9.17, 15) is 18.0 Å². The Morgan fingerprint density at radius 1 is 0.896 bits per heavy atom. The molecule has 252 valence electrons. The number of benzene rings is 4. The van der Waals surface area contributed by atoms with Crippen LogP contribution in [0.15, 0.2) is 102 Å². The number of carbonyl (C=O) groups excluding carboxylic acids is 2. The Balaban J connectivity index is 1.59. The van der Waals surface area contributed by atoms with Gasteiger partial charge in [0.2, 0.25) is 11.8 Å². The lowest BCUT2D eigenvalue weighted by Gasteiger charge is -2.34. The van der Waals surface area contributed by atoms with Crippen molar-refractivity contribution in [2.24, 2.45) is 0 Å². The largest absolute Gasteiger partial charge is 0.497 e. The molecule has 10 heteroatoms. The summed E-state index contributed by atoms with van der Waals surface area (Å²) >= 11 is 6.27. The summed E-state index contributed by atoms with van der Waals surface area (Å²) < 4.78 is 35.2. The number of carbonyl (C=O) groups is 2. The SMILES string of the molecule is COc1cccc(CN(C(=O)CN(c2ccc(Cl)cc2C)S(=O)(=O)c2ccc(C)cc2)C(Cc2ccccc2)C(=O)NC2CCCC2)c1. The van der Waals surface area contributed by atoms with Gasteiger partial charge in [-0.25, -0.2) is 8.42 Å². The van der Waals surface area contributed by atoms with Crippen molar-refractivity contribution in [3.63, 3.8) is 0 Å². The molecule has 8 nitrogen and oxygen atoms in total. The van der Waals surface area contributed by atoms with Gasteiger partial charge >= 0.3 is 0 Å². The highest BCUT2D eigenvalue weighted by Gasteiger charge is 2.36. The Morgan fingerprint density at radius 2 is 1.58 bits per heavy atom. The maximum atomic E-state index is 14.8. The summed E-state index contributed by atoms with van der Waals surface area (Å²) in [5.41, 5.74) is 3.44. The number of hydrogen-bond donors (Lipinski definition) is 1. The number of hydrogen-bond acceptors (Lipinski definition) is 5. The zero-order valence-electron chi connectivity index (χ0n) is 27.6. The summed E-state index contributed by atoms with van der Waals surface area (Å²) in [6.45, 7) is 3.15. The molecule has 0 aromatic heterocycles. The fourth-order valence-corrected chi connectivity index (χ4v) is 7.84. The van der Waals surface area contributed by atoms with Gasteiger partial charge in [-0.3, -0.25) is 13.9 Å². The Kier molecular flexibility index (Phi) is 11.4. The molecule has 1 saturated carbocycles. The highest BCUT2D eigenvalue weighted by atomic mass is 35.5. The quantitative estimate of drug-likeness (QED) is 0.166. The second kappa shape index (κ2) is 15.7. The van der Waals surface area contributed by atoms with E-state index in [1.807, 2.05) is 61.5 Å². The van der Waals surface area contributed by atoms with Crippen LogP contribution >= 0.6 is 11.6 Å². The van der Waals surface area contributed by atoms with Crippen LogP contribution in [-0.4, -0.2) is 50.9 Å². The van der Waals surface area contributed by atoms with Gasteiger partial charge in [-0.05, 0) is 85.8 Å². The summed E-state index contributed by atoms with van der Waals surface area (Å²) in [6, 6.07) is 27.4. The van der Waals surface area contributed by atoms with Crippen LogP contribution in [0.5, 0.6) is 5.75 Å². The lowest BCUT2D eigenvalue weighted by Crippen LogP contribution is -2.54. The molecule has 0 aliphatic heterocycles. The van der Waals surface area contributed by atoms with E-state index in [2.05, 4.69) is 5.32 Å². The molecular formula is C38H42ClN3O5S. The van der Waals surface area contributed by atoms with E-state index < -0.39 is 28.5 Å². The molecule has 48 heavy (non-hydrogen) atoms. The molecule has 1 aliphatic carbocycles. The van der Waals surface area contributed by atoms with Crippen LogP contribution in [0.3, 0.4) is 0 Å². The molecule has 1 fully saturated rings.